The summed E-state index contributed by atoms with van der Waals surface area (Å²) in [6.07, 6.45) is 6.25. The molecule has 0 bridgehead atoms. The van der Waals surface area contributed by atoms with Gasteiger partial charge in [-0.05, 0) is 37.3 Å². The van der Waals surface area contributed by atoms with E-state index in [4.69, 9.17) is 5.26 Å². The largest absolute Gasteiger partial charge is 0.382 e. The minimum Gasteiger partial charge on any atom is -0.382 e. The van der Waals surface area contributed by atoms with E-state index in [9.17, 15) is 14.4 Å². The number of amides is 1. The number of nitrogens with zero attached hydrogens (tertiary/aromatic N) is 8. The zero-order valence-corrected chi connectivity index (χ0v) is 21.0. The van der Waals surface area contributed by atoms with Crippen molar-refractivity contribution in [1.82, 2.24) is 34.3 Å². The van der Waals surface area contributed by atoms with E-state index in [2.05, 4.69) is 30.5 Å². The first-order chi connectivity index (χ1) is 18.4. The summed E-state index contributed by atoms with van der Waals surface area (Å²) in [7, 11) is 1.46. The maximum atomic E-state index is 13.2. The molecule has 1 amide bonds. The van der Waals surface area contributed by atoms with Crippen molar-refractivity contribution in [3.8, 4) is 6.07 Å². The van der Waals surface area contributed by atoms with E-state index in [-0.39, 0.29) is 11.2 Å². The highest BCUT2D eigenvalue weighted by atomic mass is 16.2. The van der Waals surface area contributed by atoms with Crippen LogP contribution in [0.3, 0.4) is 0 Å². The van der Waals surface area contributed by atoms with E-state index in [1.165, 1.54) is 28.9 Å². The van der Waals surface area contributed by atoms with Crippen molar-refractivity contribution >= 4 is 34.4 Å². The minimum atomic E-state index is -0.842. The molecule has 1 saturated carbocycles. The number of piperidine rings is 1. The lowest BCUT2D eigenvalue weighted by atomic mass is 10.2. The summed E-state index contributed by atoms with van der Waals surface area (Å²) >= 11 is 0. The fourth-order valence-corrected chi connectivity index (χ4v) is 5.16. The van der Waals surface area contributed by atoms with Gasteiger partial charge in [0.25, 0.3) is 5.56 Å². The average Bonchev–Trinajstić information content (AvgIpc) is 3.32. The van der Waals surface area contributed by atoms with Crippen LogP contribution in [0.25, 0.3) is 16.9 Å². The molecule has 0 spiro atoms. The van der Waals surface area contributed by atoms with Gasteiger partial charge in [-0.1, -0.05) is 0 Å². The van der Waals surface area contributed by atoms with Crippen LogP contribution in [-0.2, 0) is 18.4 Å². The van der Waals surface area contributed by atoms with Crippen molar-refractivity contribution in [3.05, 3.63) is 57.3 Å². The Bertz CT molecular complexity index is 1660. The number of pyridine rings is 1. The third-order valence-corrected chi connectivity index (χ3v) is 7.46. The molecule has 3 atom stereocenters. The number of hydrogen-bond donors (Lipinski definition) is 2. The topological polar surface area (TPSA) is 155 Å². The highest BCUT2D eigenvalue weighted by Gasteiger charge is 2.45. The zero-order valence-electron chi connectivity index (χ0n) is 21.0. The monoisotopic (exact) mass is 514 g/mol. The van der Waals surface area contributed by atoms with Gasteiger partial charge < -0.3 is 20.1 Å². The fraction of sp³-hybridized carbons (Fsp3) is 0.400. The van der Waals surface area contributed by atoms with Gasteiger partial charge in [0, 0.05) is 38.1 Å². The molecule has 13 nitrogen and oxygen atoms in total. The normalized spacial score (nSPS) is 20.7. The van der Waals surface area contributed by atoms with Crippen LogP contribution in [0.2, 0.25) is 0 Å². The van der Waals surface area contributed by atoms with Crippen molar-refractivity contribution in [2.24, 2.45) is 23.9 Å². The van der Waals surface area contributed by atoms with Gasteiger partial charge in [-0.15, -0.1) is 0 Å². The Balaban J connectivity index is 1.20. The molecule has 194 valence electrons. The molecule has 13 heteroatoms. The number of hydrogen-bond acceptors (Lipinski definition) is 9. The van der Waals surface area contributed by atoms with E-state index < -0.39 is 29.7 Å². The number of aliphatic imine (C=N–C) groups is 1. The number of carbonyl (C=O) groups is 1. The van der Waals surface area contributed by atoms with Crippen LogP contribution in [0.5, 0.6) is 0 Å². The number of rotatable bonds is 5. The van der Waals surface area contributed by atoms with Crippen molar-refractivity contribution in [1.29, 1.82) is 5.26 Å². The third kappa shape index (κ3) is 3.94. The van der Waals surface area contributed by atoms with E-state index in [0.29, 0.717) is 18.1 Å². The maximum Gasteiger partial charge on any atom is 0.333 e. The average molecular weight is 515 g/mol. The molecule has 5 heterocycles. The quantitative estimate of drug-likeness (QED) is 0.480. The Morgan fingerprint density at radius 3 is 2.76 bits per heavy atom. The van der Waals surface area contributed by atoms with Gasteiger partial charge in [0.1, 0.15) is 24.2 Å². The Morgan fingerprint density at radius 1 is 1.26 bits per heavy atom. The number of nitriles is 1. The lowest BCUT2D eigenvalue weighted by Crippen LogP contribution is -2.42. The number of amidine groups is 1. The molecule has 3 aromatic rings. The van der Waals surface area contributed by atoms with Crippen LogP contribution in [-0.4, -0.2) is 55.0 Å². The standard InChI is InChI=1S/C25H26N10O3/c1-14(35-13-29-22-21(35)24(37)34(6-5-26)25(38)32(22)2)23(36)31-19-10-27-9-18(30-19)15-3-4-20(28-8-15)33-11-16-7-17(16)12-33/h3-4,8-9,13-14,16-17,27H,6-7,10-12H2,1-2H3,(H,30,31,36)/t14-,16?,17?/m0/s1. The van der Waals surface area contributed by atoms with Crippen molar-refractivity contribution < 1.29 is 4.79 Å². The first-order valence-corrected chi connectivity index (χ1v) is 12.4. The van der Waals surface area contributed by atoms with Gasteiger partial charge in [-0.3, -0.25) is 14.2 Å². The minimum absolute atomic E-state index is 0.0655. The summed E-state index contributed by atoms with van der Waals surface area (Å²) in [5.74, 6) is 2.63. The Labute approximate surface area is 216 Å². The van der Waals surface area contributed by atoms with E-state index >= 15 is 0 Å². The molecule has 2 N–H and O–H groups in total. The number of carbonyl (C=O) groups excluding carboxylic acids is 1. The van der Waals surface area contributed by atoms with Gasteiger partial charge >= 0.3 is 5.69 Å². The number of aryl methyl sites for hydroxylation is 1. The van der Waals surface area contributed by atoms with Crippen LogP contribution in [0.15, 0.2) is 45.4 Å². The molecule has 3 aromatic heterocycles. The predicted molar refractivity (Wildman–Crippen MR) is 139 cm³/mol. The fourth-order valence-electron chi connectivity index (χ4n) is 5.16. The SMILES string of the molecule is C[C@@H](C(=O)NC1=NC(c2ccc(N3CC4CC4C3)nc2)=CNC1)n1cnc2c1c(=O)n(CC#N)c(=O)n2C. The Kier molecular flexibility index (Phi) is 5.59. The van der Waals surface area contributed by atoms with Gasteiger partial charge in [0.05, 0.1) is 24.6 Å². The molecule has 2 unspecified atom stereocenters. The van der Waals surface area contributed by atoms with Crippen molar-refractivity contribution in [3.63, 3.8) is 0 Å². The number of fused-ring (bicyclic) bond motifs is 2. The van der Waals surface area contributed by atoms with Crippen molar-refractivity contribution in [2.75, 3.05) is 24.5 Å². The molecule has 0 aromatic carbocycles. The first-order valence-electron chi connectivity index (χ1n) is 12.4. The summed E-state index contributed by atoms with van der Waals surface area (Å²) in [5.41, 5.74) is 0.349. The van der Waals surface area contributed by atoms with Crippen LogP contribution in [0.1, 0.15) is 24.9 Å². The predicted octanol–water partition coefficient (Wildman–Crippen LogP) is -0.0511. The highest BCUT2D eigenvalue weighted by Crippen LogP contribution is 2.45. The molecule has 2 aliphatic heterocycles. The molecule has 6 rings (SSSR count). The number of aromatic nitrogens is 5. The number of anilines is 1. The third-order valence-electron chi connectivity index (χ3n) is 7.46. The van der Waals surface area contributed by atoms with E-state index in [1.54, 1.807) is 19.3 Å². The first kappa shape index (κ1) is 23.7. The summed E-state index contributed by atoms with van der Waals surface area (Å²) in [6, 6.07) is 4.96. The second-order valence-electron chi connectivity index (χ2n) is 9.92. The zero-order chi connectivity index (χ0) is 26.6. The number of imidazole rings is 1. The summed E-state index contributed by atoms with van der Waals surface area (Å²) in [5, 5.41) is 15.0. The van der Waals surface area contributed by atoms with Gasteiger partial charge in [-0.25, -0.2) is 24.3 Å². The van der Waals surface area contributed by atoms with Crippen LogP contribution < -0.4 is 26.8 Å². The summed E-state index contributed by atoms with van der Waals surface area (Å²) in [6.45, 7) is 3.68. The number of nitrogens with one attached hydrogen (secondary N) is 2. The highest BCUT2D eigenvalue weighted by molar-refractivity contribution is 6.03. The van der Waals surface area contributed by atoms with Gasteiger partial charge in [0.15, 0.2) is 11.2 Å². The van der Waals surface area contributed by atoms with Crippen LogP contribution in [0, 0.1) is 23.2 Å². The molecule has 2 fully saturated rings. The Morgan fingerprint density at radius 2 is 2.05 bits per heavy atom. The van der Waals surface area contributed by atoms with Crippen LogP contribution in [0.4, 0.5) is 5.82 Å². The molecule has 1 aliphatic carbocycles. The molecular formula is C25H26N10O3. The van der Waals surface area contributed by atoms with E-state index in [1.807, 2.05) is 18.2 Å². The lowest BCUT2D eigenvalue weighted by Gasteiger charge is -2.20. The molecule has 0 radical (unpaired) electrons. The lowest BCUT2D eigenvalue weighted by molar-refractivity contribution is -0.122. The second-order valence-corrected chi connectivity index (χ2v) is 9.92. The van der Waals surface area contributed by atoms with Crippen LogP contribution >= 0.6 is 0 Å². The summed E-state index contributed by atoms with van der Waals surface area (Å²) in [4.78, 5) is 54.3. The molecular weight excluding hydrogens is 488 g/mol. The molecule has 38 heavy (non-hydrogen) atoms. The Hall–Kier alpha value is -4.73. The van der Waals surface area contributed by atoms with E-state index in [0.717, 1.165) is 40.9 Å². The maximum absolute atomic E-state index is 13.2. The molecule has 1 saturated heterocycles. The van der Waals surface area contributed by atoms with Gasteiger partial charge in [-0.2, -0.15) is 5.26 Å². The summed E-state index contributed by atoms with van der Waals surface area (Å²) < 4.78 is 3.41. The van der Waals surface area contributed by atoms with Crippen molar-refractivity contribution in [2.45, 2.75) is 25.9 Å². The second kappa shape index (κ2) is 8.98. The molecule has 3 aliphatic rings. The smallest absolute Gasteiger partial charge is 0.333 e. The van der Waals surface area contributed by atoms with Gasteiger partial charge in [0.2, 0.25) is 5.91 Å².